The number of fused-ring (bicyclic) bond motifs is 2. The highest BCUT2D eigenvalue weighted by atomic mass is 19.4. The molecule has 2 amide bonds. The number of alkyl halides is 3. The van der Waals surface area contributed by atoms with E-state index < -0.39 is 23.4 Å². The summed E-state index contributed by atoms with van der Waals surface area (Å²) in [4.78, 5) is 34.2. The predicted molar refractivity (Wildman–Crippen MR) is 157 cm³/mol. The summed E-state index contributed by atoms with van der Waals surface area (Å²) in [5, 5.41) is 9.94. The normalized spacial score (nSPS) is 41.0. The van der Waals surface area contributed by atoms with Crippen molar-refractivity contribution in [2.24, 2.45) is 40.9 Å². The molecular weight excluding hydrogens is 553 g/mol. The van der Waals surface area contributed by atoms with Gasteiger partial charge in [-0.2, -0.15) is 13.2 Å². The Kier molecular flexibility index (Phi) is 8.16. The Hall–Kier alpha value is -1.57. The Morgan fingerprint density at radius 2 is 1.51 bits per heavy atom. The molecule has 8 heteroatoms. The van der Waals surface area contributed by atoms with Crippen LogP contribution in [0.5, 0.6) is 0 Å². The highest BCUT2D eigenvalue weighted by Gasteiger charge is 2.67. The summed E-state index contributed by atoms with van der Waals surface area (Å²) >= 11 is 0. The highest BCUT2D eigenvalue weighted by molar-refractivity contribution is 5.92. The third kappa shape index (κ3) is 5.17. The molecule has 240 valence electrons. The average molecular weight is 605 g/mol. The molecule has 0 radical (unpaired) electrons. The summed E-state index contributed by atoms with van der Waals surface area (Å²) < 4.78 is 43.2. The molecule has 5 nitrogen and oxygen atoms in total. The lowest BCUT2D eigenvalue weighted by Crippen LogP contribution is -2.72. The Bertz CT molecular complexity index is 1110. The van der Waals surface area contributed by atoms with Crippen molar-refractivity contribution in [2.45, 2.75) is 140 Å². The first-order valence-corrected chi connectivity index (χ1v) is 17.8. The van der Waals surface area contributed by atoms with Crippen molar-refractivity contribution >= 4 is 11.8 Å². The summed E-state index contributed by atoms with van der Waals surface area (Å²) in [6.07, 6.45) is 11.6. The van der Waals surface area contributed by atoms with E-state index in [0.717, 1.165) is 96.3 Å². The van der Waals surface area contributed by atoms with Crippen LogP contribution in [0.25, 0.3) is 0 Å². The molecular formula is C35H51F3N2O3. The van der Waals surface area contributed by atoms with Crippen LogP contribution < -0.4 is 0 Å². The van der Waals surface area contributed by atoms with E-state index in [0.29, 0.717) is 19.3 Å². The molecule has 1 saturated heterocycles. The van der Waals surface area contributed by atoms with E-state index in [1.807, 2.05) is 4.90 Å². The van der Waals surface area contributed by atoms with Gasteiger partial charge in [-0.1, -0.05) is 25.7 Å². The third-order valence-electron chi connectivity index (χ3n) is 13.1. The maximum absolute atomic E-state index is 15.4. The van der Waals surface area contributed by atoms with Crippen LogP contribution in [-0.2, 0) is 9.59 Å². The molecule has 1 N–H and O–H groups in total. The third-order valence-corrected chi connectivity index (χ3v) is 13.1. The van der Waals surface area contributed by atoms with Crippen LogP contribution >= 0.6 is 0 Å². The van der Waals surface area contributed by atoms with Crippen molar-refractivity contribution in [3.05, 3.63) is 11.3 Å². The molecule has 4 saturated carbocycles. The quantitative estimate of drug-likeness (QED) is 0.356. The van der Waals surface area contributed by atoms with Gasteiger partial charge in [0.25, 0.3) is 0 Å². The Balaban J connectivity index is 1.35. The first-order chi connectivity index (χ1) is 20.7. The monoisotopic (exact) mass is 604 g/mol. The van der Waals surface area contributed by atoms with Gasteiger partial charge in [0.15, 0.2) is 0 Å². The van der Waals surface area contributed by atoms with Gasteiger partial charge in [0.2, 0.25) is 11.8 Å². The Morgan fingerprint density at radius 3 is 2.23 bits per heavy atom. The number of likely N-dealkylation sites (tertiary alicyclic amines) is 1. The first kappa shape index (κ1) is 30.1. The van der Waals surface area contributed by atoms with Gasteiger partial charge in [-0.15, -0.1) is 0 Å². The van der Waals surface area contributed by atoms with Crippen molar-refractivity contribution < 1.29 is 27.9 Å². The summed E-state index contributed by atoms with van der Waals surface area (Å²) in [6, 6.07) is -0.0980. The SMILES string of the molecule is O=C1C2CCCCC2[C@@]2(CC3=C(CCCC3)N(C3CC3)C2=O)[C@H](C2CCC(CO)CC2)N1CC1CCCCC1C(F)(F)F. The van der Waals surface area contributed by atoms with E-state index in [2.05, 4.69) is 4.90 Å². The molecule has 6 atom stereocenters. The maximum atomic E-state index is 15.4. The van der Waals surface area contributed by atoms with Crippen LogP contribution in [0.15, 0.2) is 11.3 Å². The van der Waals surface area contributed by atoms with Crippen molar-refractivity contribution in [1.82, 2.24) is 9.80 Å². The molecule has 2 heterocycles. The number of hydrogen-bond acceptors (Lipinski definition) is 3. The zero-order valence-electron chi connectivity index (χ0n) is 25.8. The second kappa shape index (κ2) is 11.7. The number of halogens is 3. The van der Waals surface area contributed by atoms with Crippen LogP contribution in [0.2, 0.25) is 0 Å². The molecule has 0 aromatic carbocycles. The van der Waals surface area contributed by atoms with Crippen LogP contribution in [-0.4, -0.2) is 58.1 Å². The van der Waals surface area contributed by atoms with Crippen molar-refractivity contribution in [3.8, 4) is 0 Å². The number of rotatable bonds is 5. The van der Waals surface area contributed by atoms with Crippen LogP contribution in [0.1, 0.15) is 122 Å². The number of carbonyl (C=O) groups excluding carboxylic acids is 2. The number of hydrogen-bond donors (Lipinski definition) is 1. The lowest BCUT2D eigenvalue weighted by Gasteiger charge is -2.63. The topological polar surface area (TPSA) is 60.9 Å². The number of allylic oxidation sites excluding steroid dienone is 2. The second-order valence-electron chi connectivity index (χ2n) is 15.5. The average Bonchev–Trinajstić information content (AvgIpc) is 3.85. The van der Waals surface area contributed by atoms with E-state index in [1.165, 1.54) is 11.3 Å². The minimum atomic E-state index is -4.27. The van der Waals surface area contributed by atoms with Crippen molar-refractivity contribution in [3.63, 3.8) is 0 Å². The van der Waals surface area contributed by atoms with Gasteiger partial charge in [-0.25, -0.2) is 0 Å². The van der Waals surface area contributed by atoms with Gasteiger partial charge in [-0.05, 0) is 126 Å². The van der Waals surface area contributed by atoms with Crippen LogP contribution in [0.3, 0.4) is 0 Å². The minimum Gasteiger partial charge on any atom is -0.396 e. The number of amides is 2. The fourth-order valence-corrected chi connectivity index (χ4v) is 11.0. The smallest absolute Gasteiger partial charge is 0.392 e. The Morgan fingerprint density at radius 1 is 0.814 bits per heavy atom. The van der Waals surface area contributed by atoms with E-state index in [9.17, 15) is 23.1 Å². The maximum Gasteiger partial charge on any atom is 0.392 e. The molecule has 43 heavy (non-hydrogen) atoms. The molecule has 5 aliphatic carbocycles. The lowest BCUT2D eigenvalue weighted by atomic mass is 9.50. The van der Waals surface area contributed by atoms with Gasteiger partial charge in [0.1, 0.15) is 0 Å². The number of carbonyl (C=O) groups is 2. The van der Waals surface area contributed by atoms with Gasteiger partial charge < -0.3 is 14.9 Å². The fraction of sp³-hybridized carbons (Fsp3) is 0.886. The molecule has 1 spiro atoms. The van der Waals surface area contributed by atoms with Crippen molar-refractivity contribution in [2.75, 3.05) is 13.2 Å². The van der Waals surface area contributed by atoms with Crippen LogP contribution in [0.4, 0.5) is 13.2 Å². The minimum absolute atomic E-state index is 0.0277. The number of piperidine rings is 1. The van der Waals surface area contributed by atoms with Gasteiger partial charge in [0.05, 0.1) is 11.3 Å². The predicted octanol–water partition coefficient (Wildman–Crippen LogP) is 7.38. The molecule has 0 bridgehead atoms. The van der Waals surface area contributed by atoms with Gasteiger partial charge in [0, 0.05) is 36.9 Å². The van der Waals surface area contributed by atoms with Crippen LogP contribution in [0, 0.1) is 40.9 Å². The molecule has 0 aromatic heterocycles. The Labute approximate surface area is 255 Å². The van der Waals surface area contributed by atoms with Gasteiger partial charge in [-0.3, -0.25) is 9.59 Å². The number of aliphatic hydroxyl groups excluding tert-OH is 1. The zero-order chi connectivity index (χ0) is 29.9. The summed E-state index contributed by atoms with van der Waals surface area (Å²) in [7, 11) is 0. The number of nitrogens with zero attached hydrogens (tertiary/aromatic N) is 2. The summed E-state index contributed by atoms with van der Waals surface area (Å²) in [5.41, 5.74) is 1.93. The standard InChI is InChI=1S/C35H51F3N2O3/c36-35(37,38)28-10-4-1-8-25(28)20-39-31(23-15-13-22(21-41)14-16-23)34(29-11-5-3-9-27(29)32(39)42)19-24-7-2-6-12-30(24)40(33(34)43)26-17-18-26/h22-23,25-29,31,41H,1-21H2/t22?,23?,25?,27?,28?,29?,31-,34-/m0/s1. The number of aliphatic hydroxyl groups is 1. The summed E-state index contributed by atoms with van der Waals surface area (Å²) in [6.45, 7) is 0.289. The zero-order valence-corrected chi connectivity index (χ0v) is 25.8. The molecule has 7 rings (SSSR count). The lowest BCUT2D eigenvalue weighted by molar-refractivity contribution is -0.206. The van der Waals surface area contributed by atoms with E-state index in [1.54, 1.807) is 0 Å². The highest BCUT2D eigenvalue weighted by Crippen LogP contribution is 2.61. The van der Waals surface area contributed by atoms with E-state index >= 15 is 4.79 Å². The summed E-state index contributed by atoms with van der Waals surface area (Å²) in [5.74, 6) is -1.69. The van der Waals surface area contributed by atoms with E-state index in [4.69, 9.17) is 0 Å². The molecule has 4 unspecified atom stereocenters. The molecule has 7 aliphatic rings. The largest absolute Gasteiger partial charge is 0.396 e. The van der Waals surface area contributed by atoms with Crippen molar-refractivity contribution in [1.29, 1.82) is 0 Å². The molecule has 5 fully saturated rings. The van der Waals surface area contributed by atoms with E-state index in [-0.39, 0.29) is 67.1 Å². The van der Waals surface area contributed by atoms with Gasteiger partial charge >= 0.3 is 6.18 Å². The fourth-order valence-electron chi connectivity index (χ4n) is 11.0. The first-order valence-electron chi connectivity index (χ1n) is 17.8. The second-order valence-corrected chi connectivity index (χ2v) is 15.5. The molecule has 2 aliphatic heterocycles. The molecule has 0 aromatic rings.